The van der Waals surface area contributed by atoms with Gasteiger partial charge in [-0.2, -0.15) is 5.21 Å². The summed E-state index contributed by atoms with van der Waals surface area (Å²) in [5.74, 6) is 0.320. The zero-order valence-corrected chi connectivity index (χ0v) is 21.8. The lowest BCUT2D eigenvalue weighted by atomic mass is 9.85. The minimum Gasteiger partial charge on any atom is -0.481 e. The lowest BCUT2D eigenvalue weighted by Crippen LogP contribution is -2.44. The number of carboxylic acid groups (broad SMARTS) is 1. The maximum Gasteiger partial charge on any atom is 0.410 e. The highest BCUT2D eigenvalue weighted by molar-refractivity contribution is 9.10. The van der Waals surface area contributed by atoms with Gasteiger partial charge in [-0.1, -0.05) is 43.2 Å². The highest BCUT2D eigenvalue weighted by Gasteiger charge is 2.43. The topological polar surface area (TPSA) is 134 Å². The van der Waals surface area contributed by atoms with Crippen molar-refractivity contribution in [3.63, 3.8) is 0 Å². The fourth-order valence-corrected chi connectivity index (χ4v) is 5.55. The van der Waals surface area contributed by atoms with Crippen LogP contribution < -0.4 is 0 Å². The number of rotatable bonds is 8. The van der Waals surface area contributed by atoms with Gasteiger partial charge in [0.25, 0.3) is 0 Å². The molecule has 2 aromatic carbocycles. The Morgan fingerprint density at radius 2 is 1.89 bits per heavy atom. The van der Waals surface area contributed by atoms with E-state index in [9.17, 15) is 14.7 Å². The first-order chi connectivity index (χ1) is 17.9. The normalized spacial score (nSPS) is 14.6. The third-order valence-corrected chi connectivity index (χ3v) is 7.64. The van der Waals surface area contributed by atoms with E-state index in [1.165, 1.54) is 4.90 Å². The van der Waals surface area contributed by atoms with E-state index >= 15 is 0 Å². The molecule has 4 aromatic rings. The number of nitrogens with zero attached hydrogens (tertiary/aromatic N) is 4. The molecule has 0 atom stereocenters. The number of aromatic nitrogens is 4. The van der Waals surface area contributed by atoms with Crippen LogP contribution in [0, 0.1) is 5.41 Å². The molecule has 11 heteroatoms. The third-order valence-electron chi connectivity index (χ3n) is 6.85. The van der Waals surface area contributed by atoms with E-state index in [4.69, 9.17) is 9.15 Å². The molecule has 2 heterocycles. The van der Waals surface area contributed by atoms with Gasteiger partial charge in [0.1, 0.15) is 11.3 Å². The maximum absolute atomic E-state index is 12.8. The van der Waals surface area contributed by atoms with Gasteiger partial charge in [0, 0.05) is 29.6 Å². The first-order valence-electron chi connectivity index (χ1n) is 12.1. The van der Waals surface area contributed by atoms with Crippen molar-refractivity contribution in [1.29, 1.82) is 0 Å². The minimum atomic E-state index is -0.937. The predicted molar refractivity (Wildman–Crippen MR) is 138 cm³/mol. The second kappa shape index (κ2) is 10.3. The van der Waals surface area contributed by atoms with E-state index in [1.54, 1.807) is 6.92 Å². The summed E-state index contributed by atoms with van der Waals surface area (Å²) in [6.45, 7) is 2.31. The number of carbonyl (C=O) groups excluding carboxylic acids is 1. The fraction of sp³-hybridized carbons (Fsp3) is 0.346. The van der Waals surface area contributed by atoms with Crippen LogP contribution in [-0.4, -0.2) is 55.8 Å². The highest BCUT2D eigenvalue weighted by Crippen LogP contribution is 2.41. The van der Waals surface area contributed by atoms with Gasteiger partial charge < -0.3 is 19.2 Å². The zero-order valence-electron chi connectivity index (χ0n) is 20.2. The second-order valence-electron chi connectivity index (χ2n) is 9.24. The Balaban J connectivity index is 1.42. The van der Waals surface area contributed by atoms with Crippen LogP contribution in [-0.2, 0) is 16.1 Å². The Labute approximate surface area is 221 Å². The van der Waals surface area contributed by atoms with Crippen LogP contribution in [0.1, 0.15) is 38.2 Å². The number of tetrazole rings is 1. The summed E-state index contributed by atoms with van der Waals surface area (Å²) in [7, 11) is 0. The maximum atomic E-state index is 12.8. The van der Waals surface area contributed by atoms with Crippen LogP contribution in [0.25, 0.3) is 33.7 Å². The van der Waals surface area contributed by atoms with E-state index < -0.39 is 17.5 Å². The quantitative estimate of drug-likeness (QED) is 0.279. The Morgan fingerprint density at radius 3 is 2.54 bits per heavy atom. The monoisotopic (exact) mass is 567 g/mol. The average molecular weight is 568 g/mol. The fourth-order valence-electron chi connectivity index (χ4n) is 4.93. The number of amides is 1. The van der Waals surface area contributed by atoms with Crippen LogP contribution in [0.3, 0.4) is 0 Å². The van der Waals surface area contributed by atoms with Crippen molar-refractivity contribution in [2.45, 2.75) is 39.2 Å². The molecule has 1 amide bonds. The van der Waals surface area contributed by atoms with Crippen molar-refractivity contribution < 1.29 is 23.8 Å². The van der Waals surface area contributed by atoms with Crippen molar-refractivity contribution in [3.05, 3.63) is 52.5 Å². The third kappa shape index (κ3) is 4.95. The highest BCUT2D eigenvalue weighted by atomic mass is 79.9. The van der Waals surface area contributed by atoms with Gasteiger partial charge >= 0.3 is 12.1 Å². The van der Waals surface area contributed by atoms with Crippen molar-refractivity contribution in [2.75, 3.05) is 13.2 Å². The zero-order chi connectivity index (χ0) is 26.0. The number of aromatic amines is 1. The van der Waals surface area contributed by atoms with Gasteiger partial charge in [-0.05, 0) is 58.6 Å². The van der Waals surface area contributed by atoms with E-state index in [0.29, 0.717) is 30.0 Å². The molecule has 5 rings (SSSR count). The summed E-state index contributed by atoms with van der Waals surface area (Å²) >= 11 is 3.68. The molecule has 0 bridgehead atoms. The molecule has 0 unspecified atom stereocenters. The Bertz CT molecular complexity index is 1410. The number of carbonyl (C=O) groups is 2. The molecule has 0 aliphatic heterocycles. The molecule has 1 fully saturated rings. The number of benzene rings is 2. The lowest BCUT2D eigenvalue weighted by molar-refractivity contribution is -0.149. The smallest absolute Gasteiger partial charge is 0.410 e. The number of carboxylic acids is 1. The minimum absolute atomic E-state index is 0.115. The summed E-state index contributed by atoms with van der Waals surface area (Å²) in [5.41, 5.74) is 2.29. The summed E-state index contributed by atoms with van der Waals surface area (Å²) in [5, 5.41) is 24.8. The lowest BCUT2D eigenvalue weighted by Gasteiger charge is -2.31. The van der Waals surface area contributed by atoms with Gasteiger partial charge in [0.05, 0.1) is 16.5 Å². The Hall–Kier alpha value is -3.73. The summed E-state index contributed by atoms with van der Waals surface area (Å²) < 4.78 is 12.2. The molecule has 10 nitrogen and oxygen atoms in total. The van der Waals surface area contributed by atoms with Crippen LogP contribution in [0.5, 0.6) is 0 Å². The molecular formula is C26H26BrN5O5. The Kier molecular flexibility index (Phi) is 6.96. The van der Waals surface area contributed by atoms with Gasteiger partial charge in [-0.15, -0.1) is 10.2 Å². The largest absolute Gasteiger partial charge is 0.481 e. The molecule has 192 valence electrons. The number of fused-ring (bicyclic) bond motifs is 1. The van der Waals surface area contributed by atoms with Gasteiger partial charge in [-0.25, -0.2) is 4.79 Å². The van der Waals surface area contributed by atoms with Gasteiger partial charge in [0.2, 0.25) is 5.82 Å². The van der Waals surface area contributed by atoms with Crippen LogP contribution in [0.2, 0.25) is 0 Å². The molecule has 2 N–H and O–H groups in total. The number of furan rings is 1. The molecule has 1 aliphatic rings. The number of hydrogen-bond donors (Lipinski definition) is 2. The van der Waals surface area contributed by atoms with E-state index in [2.05, 4.69) is 36.6 Å². The second-order valence-corrected chi connectivity index (χ2v) is 10.0. The predicted octanol–water partition coefficient (Wildman–Crippen LogP) is 5.65. The van der Waals surface area contributed by atoms with Gasteiger partial charge in [0.15, 0.2) is 0 Å². The number of aliphatic carboxylic acids is 1. The van der Waals surface area contributed by atoms with Crippen molar-refractivity contribution >= 4 is 39.0 Å². The summed E-state index contributed by atoms with van der Waals surface area (Å²) in [6.07, 6.45) is 2.29. The molecule has 0 saturated heterocycles. The van der Waals surface area contributed by atoms with E-state index in [-0.39, 0.29) is 19.7 Å². The number of nitrogens with one attached hydrogen (secondary N) is 1. The molecule has 0 spiro atoms. The van der Waals surface area contributed by atoms with Crippen molar-refractivity contribution in [3.8, 4) is 22.7 Å². The van der Waals surface area contributed by atoms with Gasteiger partial charge in [-0.3, -0.25) is 4.79 Å². The molecule has 0 radical (unpaired) electrons. The number of halogens is 1. The van der Waals surface area contributed by atoms with E-state index in [0.717, 1.165) is 39.4 Å². The Morgan fingerprint density at radius 1 is 1.16 bits per heavy atom. The molecular weight excluding hydrogens is 542 g/mol. The van der Waals surface area contributed by atoms with Crippen LogP contribution >= 0.6 is 15.9 Å². The van der Waals surface area contributed by atoms with Crippen LogP contribution in [0.4, 0.5) is 4.79 Å². The van der Waals surface area contributed by atoms with E-state index in [1.807, 2.05) is 42.5 Å². The number of hydrogen-bond acceptors (Lipinski definition) is 7. The standard InChI is InChI=1S/C26H26BrN5O5/c1-2-36-25(35)32(15-26(24(33)34)11-3-4-12-26)14-16-5-10-20-19(13-16)21(27)22(37-20)17-6-8-18(9-7-17)23-28-30-31-29-23/h5-10,13H,2-4,11-12,14-15H2,1H3,(H,33,34)(H,28,29,30,31). The first-order valence-corrected chi connectivity index (χ1v) is 12.9. The SMILES string of the molecule is CCOC(=O)N(Cc1ccc2oc(-c3ccc(-c4nn[nH]n4)cc3)c(Br)c2c1)CC1(C(=O)O)CCCC1. The summed E-state index contributed by atoms with van der Waals surface area (Å²) in [6, 6.07) is 13.3. The number of H-pyrrole nitrogens is 1. The molecule has 1 aliphatic carbocycles. The van der Waals surface area contributed by atoms with Crippen LogP contribution in [0.15, 0.2) is 51.4 Å². The molecule has 1 saturated carbocycles. The number of ether oxygens (including phenoxy) is 1. The average Bonchev–Trinajstić information content (AvgIpc) is 3.66. The van der Waals surface area contributed by atoms with Crippen molar-refractivity contribution in [2.24, 2.45) is 5.41 Å². The molecule has 37 heavy (non-hydrogen) atoms. The molecule has 2 aromatic heterocycles. The summed E-state index contributed by atoms with van der Waals surface area (Å²) in [4.78, 5) is 26.4. The first kappa shape index (κ1) is 24.9. The van der Waals surface area contributed by atoms with Crippen molar-refractivity contribution in [1.82, 2.24) is 25.5 Å².